The number of rotatable bonds is 6. The fraction of sp³-hybridized carbons (Fsp3) is 0.389. The van der Waals surface area contributed by atoms with Crippen LogP contribution >= 0.6 is 11.3 Å². The highest BCUT2D eigenvalue weighted by molar-refractivity contribution is 7.22. The first-order valence-electron chi connectivity index (χ1n) is 8.42. The topological polar surface area (TPSA) is 68.3 Å². The largest absolute Gasteiger partial charge is 0.459 e. The van der Waals surface area contributed by atoms with Crippen molar-refractivity contribution in [3.05, 3.63) is 36.4 Å². The van der Waals surface area contributed by atoms with Gasteiger partial charge in [-0.1, -0.05) is 35.6 Å². The Kier molecular flexibility index (Phi) is 5.97. The third-order valence-electron chi connectivity index (χ3n) is 4.32. The SMILES string of the molecule is O=C(Nc1nc2ccccc2s1)[C@@H]1CC=CC[C@H]1C(=O)OCC(F)(F)C(F)F. The van der Waals surface area contributed by atoms with Crippen molar-refractivity contribution in [1.29, 1.82) is 0 Å². The van der Waals surface area contributed by atoms with Gasteiger partial charge in [-0.25, -0.2) is 13.8 Å². The van der Waals surface area contributed by atoms with Crippen LogP contribution in [0.1, 0.15) is 12.8 Å². The molecule has 1 aromatic heterocycles. The predicted molar refractivity (Wildman–Crippen MR) is 95.5 cm³/mol. The number of amides is 1. The van der Waals surface area contributed by atoms with Crippen molar-refractivity contribution in [2.24, 2.45) is 11.8 Å². The number of allylic oxidation sites excluding steroid dienone is 2. The molecule has 5 nitrogen and oxygen atoms in total. The Hall–Kier alpha value is -2.49. The molecule has 0 saturated heterocycles. The van der Waals surface area contributed by atoms with Crippen molar-refractivity contribution in [1.82, 2.24) is 4.98 Å². The number of hydrogen-bond acceptors (Lipinski definition) is 5. The highest BCUT2D eigenvalue weighted by atomic mass is 32.1. The normalized spacial score (nSPS) is 19.8. The molecule has 1 amide bonds. The summed E-state index contributed by atoms with van der Waals surface area (Å²) in [7, 11) is 0. The summed E-state index contributed by atoms with van der Waals surface area (Å²) >= 11 is 1.26. The number of nitrogens with zero attached hydrogens (tertiary/aromatic N) is 1. The number of esters is 1. The van der Waals surface area contributed by atoms with E-state index in [2.05, 4.69) is 15.0 Å². The highest BCUT2D eigenvalue weighted by Gasteiger charge is 2.44. The predicted octanol–water partition coefficient (Wildman–Crippen LogP) is 4.26. The molecular formula is C18H16F4N2O3S. The first-order chi connectivity index (χ1) is 13.3. The van der Waals surface area contributed by atoms with E-state index < -0.39 is 42.7 Å². The van der Waals surface area contributed by atoms with Gasteiger partial charge in [0, 0.05) is 0 Å². The summed E-state index contributed by atoms with van der Waals surface area (Å²) in [5.41, 5.74) is 0.705. The Morgan fingerprint density at radius 2 is 1.89 bits per heavy atom. The molecule has 1 heterocycles. The molecule has 10 heteroatoms. The molecular weight excluding hydrogens is 400 g/mol. The second-order valence-corrected chi connectivity index (χ2v) is 7.33. The lowest BCUT2D eigenvalue weighted by molar-refractivity contribution is -0.184. The molecule has 0 spiro atoms. The number of carbonyl (C=O) groups is 2. The van der Waals surface area contributed by atoms with E-state index in [-0.39, 0.29) is 12.8 Å². The van der Waals surface area contributed by atoms with Crippen LogP contribution in [0.4, 0.5) is 22.7 Å². The number of thiazole rings is 1. The molecule has 0 fully saturated rings. The molecule has 0 aliphatic heterocycles. The summed E-state index contributed by atoms with van der Waals surface area (Å²) in [6, 6.07) is 7.27. The molecule has 0 bridgehead atoms. The number of alkyl halides is 4. The Balaban J connectivity index is 1.67. The lowest BCUT2D eigenvalue weighted by Gasteiger charge is -2.26. The maximum absolute atomic E-state index is 13.0. The van der Waals surface area contributed by atoms with Crippen LogP contribution in [0.2, 0.25) is 0 Å². The van der Waals surface area contributed by atoms with Gasteiger partial charge < -0.3 is 10.1 Å². The number of ether oxygens (including phenoxy) is 1. The van der Waals surface area contributed by atoms with Crippen LogP contribution < -0.4 is 5.32 Å². The number of anilines is 1. The molecule has 150 valence electrons. The minimum atomic E-state index is -4.43. The number of halogens is 4. The van der Waals surface area contributed by atoms with Crippen LogP contribution in [-0.4, -0.2) is 35.8 Å². The number of aromatic nitrogens is 1. The van der Waals surface area contributed by atoms with Crippen molar-refractivity contribution in [2.75, 3.05) is 11.9 Å². The molecule has 1 aliphatic rings. The van der Waals surface area contributed by atoms with Crippen LogP contribution in [0.5, 0.6) is 0 Å². The minimum Gasteiger partial charge on any atom is -0.459 e. The Morgan fingerprint density at radius 3 is 2.57 bits per heavy atom. The number of hydrogen-bond donors (Lipinski definition) is 1. The molecule has 1 aromatic carbocycles. The summed E-state index contributed by atoms with van der Waals surface area (Å²) < 4.78 is 55.7. The summed E-state index contributed by atoms with van der Waals surface area (Å²) in [6.45, 7) is -1.73. The van der Waals surface area contributed by atoms with E-state index in [0.29, 0.717) is 10.6 Å². The molecule has 0 unspecified atom stereocenters. The van der Waals surface area contributed by atoms with Crippen LogP contribution in [0.15, 0.2) is 36.4 Å². The zero-order valence-corrected chi connectivity index (χ0v) is 15.2. The van der Waals surface area contributed by atoms with Gasteiger partial charge in [-0.2, -0.15) is 8.78 Å². The number of nitrogens with one attached hydrogen (secondary N) is 1. The Labute approximate surface area is 161 Å². The molecule has 2 atom stereocenters. The van der Waals surface area contributed by atoms with Crippen LogP contribution in [-0.2, 0) is 14.3 Å². The van der Waals surface area contributed by atoms with Gasteiger partial charge in [-0.05, 0) is 25.0 Å². The van der Waals surface area contributed by atoms with E-state index in [1.807, 2.05) is 12.1 Å². The smallest absolute Gasteiger partial charge is 0.340 e. The Bertz CT molecular complexity index is 867. The van der Waals surface area contributed by atoms with Crippen molar-refractivity contribution >= 4 is 38.6 Å². The van der Waals surface area contributed by atoms with Gasteiger partial charge in [0.25, 0.3) is 0 Å². The lowest BCUT2D eigenvalue weighted by atomic mass is 9.82. The van der Waals surface area contributed by atoms with E-state index in [1.165, 1.54) is 11.3 Å². The fourth-order valence-corrected chi connectivity index (χ4v) is 3.69. The van der Waals surface area contributed by atoms with Crippen LogP contribution in [0.3, 0.4) is 0 Å². The molecule has 0 radical (unpaired) electrons. The second kappa shape index (κ2) is 8.26. The first-order valence-corrected chi connectivity index (χ1v) is 9.23. The van der Waals surface area contributed by atoms with E-state index >= 15 is 0 Å². The van der Waals surface area contributed by atoms with Gasteiger partial charge in [-0.3, -0.25) is 9.59 Å². The quantitative estimate of drug-likeness (QED) is 0.434. The summed E-state index contributed by atoms with van der Waals surface area (Å²) in [4.78, 5) is 29.0. The molecule has 1 aliphatic carbocycles. The van der Waals surface area contributed by atoms with Crippen LogP contribution in [0, 0.1) is 11.8 Å². The van der Waals surface area contributed by atoms with E-state index in [0.717, 1.165) is 4.70 Å². The number of carbonyl (C=O) groups excluding carboxylic acids is 2. The summed E-state index contributed by atoms with van der Waals surface area (Å²) in [6.07, 6.45) is -0.331. The van der Waals surface area contributed by atoms with Crippen molar-refractivity contribution in [3.63, 3.8) is 0 Å². The first kappa shape index (κ1) is 20.2. The van der Waals surface area contributed by atoms with Gasteiger partial charge in [-0.15, -0.1) is 0 Å². The molecule has 28 heavy (non-hydrogen) atoms. The van der Waals surface area contributed by atoms with Gasteiger partial charge in [0.15, 0.2) is 11.7 Å². The number of benzene rings is 1. The maximum Gasteiger partial charge on any atom is 0.340 e. The Morgan fingerprint density at radius 1 is 1.21 bits per heavy atom. The minimum absolute atomic E-state index is 0.0943. The van der Waals surface area contributed by atoms with Crippen LogP contribution in [0.25, 0.3) is 10.2 Å². The van der Waals surface area contributed by atoms with Gasteiger partial charge in [0.2, 0.25) is 5.91 Å². The molecule has 1 N–H and O–H groups in total. The summed E-state index contributed by atoms with van der Waals surface area (Å²) in [5.74, 6) is -7.95. The fourth-order valence-electron chi connectivity index (χ4n) is 2.83. The van der Waals surface area contributed by atoms with E-state index in [4.69, 9.17) is 0 Å². The molecule has 3 rings (SSSR count). The van der Waals surface area contributed by atoms with Crippen molar-refractivity contribution in [3.8, 4) is 0 Å². The second-order valence-electron chi connectivity index (χ2n) is 6.30. The lowest BCUT2D eigenvalue weighted by Crippen LogP contribution is -2.39. The highest BCUT2D eigenvalue weighted by Crippen LogP contribution is 2.31. The average molecular weight is 416 g/mol. The number of para-hydroxylation sites is 1. The molecule has 2 aromatic rings. The monoisotopic (exact) mass is 416 g/mol. The zero-order chi connectivity index (χ0) is 20.3. The van der Waals surface area contributed by atoms with Gasteiger partial charge in [0.05, 0.1) is 22.1 Å². The third-order valence-corrected chi connectivity index (χ3v) is 5.27. The third kappa shape index (κ3) is 4.49. The van der Waals surface area contributed by atoms with Crippen molar-refractivity contribution in [2.45, 2.75) is 25.2 Å². The van der Waals surface area contributed by atoms with Gasteiger partial charge in [0.1, 0.15) is 0 Å². The molecule has 0 saturated carbocycles. The van der Waals surface area contributed by atoms with Crippen molar-refractivity contribution < 1.29 is 31.9 Å². The van der Waals surface area contributed by atoms with E-state index in [9.17, 15) is 27.2 Å². The van der Waals surface area contributed by atoms with Gasteiger partial charge >= 0.3 is 18.3 Å². The standard InChI is InChI=1S/C18H16F4N2O3S/c19-16(20)18(21,22)9-27-15(26)11-6-2-1-5-10(11)14(25)24-17-23-12-7-3-4-8-13(12)28-17/h1-4,7-8,10-11,16H,5-6,9H2,(H,23,24,25)/t10-,11-/m1/s1. The average Bonchev–Trinajstić information content (AvgIpc) is 3.08. The number of fused-ring (bicyclic) bond motifs is 1. The summed E-state index contributed by atoms with van der Waals surface area (Å²) in [5, 5.41) is 2.98. The maximum atomic E-state index is 13.0. The zero-order valence-electron chi connectivity index (χ0n) is 14.4. The van der Waals surface area contributed by atoms with E-state index in [1.54, 1.807) is 24.3 Å².